The predicted octanol–water partition coefficient (Wildman–Crippen LogP) is 9.64. The summed E-state index contributed by atoms with van der Waals surface area (Å²) in [5, 5.41) is 0. The van der Waals surface area contributed by atoms with Gasteiger partial charge in [-0.15, -0.1) is 0 Å². The normalized spacial score (nSPS) is 13.2. The van der Waals surface area contributed by atoms with E-state index in [0.29, 0.717) is 0 Å². The summed E-state index contributed by atoms with van der Waals surface area (Å²) in [7, 11) is 0. The van der Waals surface area contributed by atoms with Crippen LogP contribution in [0.4, 0.5) is 0 Å². The number of rotatable bonds is 10. The van der Waals surface area contributed by atoms with Gasteiger partial charge in [-0.05, 0) is 97.2 Å². The van der Waals surface area contributed by atoms with E-state index in [1.165, 1.54) is 55.6 Å². The summed E-state index contributed by atoms with van der Waals surface area (Å²) >= 11 is 0. The fourth-order valence-corrected chi connectivity index (χ4v) is 6.08. The molecule has 4 aromatic rings. The molecular formula is C37H42O2. The van der Waals surface area contributed by atoms with Gasteiger partial charge in [0.25, 0.3) is 0 Å². The molecule has 0 heterocycles. The van der Waals surface area contributed by atoms with E-state index >= 15 is 0 Å². The maximum atomic E-state index is 6.18. The fraction of sp³-hybridized carbons (Fsp3) is 0.351. The van der Waals surface area contributed by atoms with Crippen molar-refractivity contribution in [2.24, 2.45) is 0 Å². The predicted molar refractivity (Wildman–Crippen MR) is 163 cm³/mol. The van der Waals surface area contributed by atoms with E-state index in [9.17, 15) is 0 Å². The van der Waals surface area contributed by atoms with Crippen LogP contribution >= 0.6 is 0 Å². The van der Waals surface area contributed by atoms with Crippen LogP contribution in [-0.4, -0.2) is 13.2 Å². The first-order valence-corrected chi connectivity index (χ1v) is 14.6. The minimum atomic E-state index is -0.428. The van der Waals surface area contributed by atoms with Gasteiger partial charge in [0.1, 0.15) is 11.5 Å². The first-order valence-electron chi connectivity index (χ1n) is 14.6. The van der Waals surface area contributed by atoms with Crippen LogP contribution in [-0.2, 0) is 5.41 Å². The molecule has 0 aliphatic heterocycles. The first kappa shape index (κ1) is 27.1. The molecule has 0 spiro atoms. The molecule has 0 atom stereocenters. The smallest absolute Gasteiger partial charge is 0.122 e. The van der Waals surface area contributed by atoms with Crippen LogP contribution in [0.5, 0.6) is 11.5 Å². The molecular weight excluding hydrogens is 476 g/mol. The second-order valence-electron chi connectivity index (χ2n) is 11.2. The third kappa shape index (κ3) is 4.86. The van der Waals surface area contributed by atoms with E-state index in [1.54, 1.807) is 0 Å². The molecule has 2 nitrogen and oxygen atoms in total. The largest absolute Gasteiger partial charge is 0.493 e. The summed E-state index contributed by atoms with van der Waals surface area (Å²) in [5.74, 6) is 1.95. The molecule has 0 fully saturated rings. The molecule has 0 aromatic heterocycles. The van der Waals surface area contributed by atoms with Crippen molar-refractivity contribution in [3.63, 3.8) is 0 Å². The van der Waals surface area contributed by atoms with Crippen LogP contribution in [0.2, 0.25) is 0 Å². The highest BCUT2D eigenvalue weighted by Gasteiger charge is 2.46. The van der Waals surface area contributed by atoms with E-state index in [4.69, 9.17) is 9.47 Å². The third-order valence-electron chi connectivity index (χ3n) is 8.18. The van der Waals surface area contributed by atoms with E-state index in [2.05, 4.69) is 114 Å². The van der Waals surface area contributed by atoms with E-state index in [0.717, 1.165) is 50.4 Å². The minimum absolute atomic E-state index is 0.428. The van der Waals surface area contributed by atoms with Crippen molar-refractivity contribution in [3.05, 3.63) is 117 Å². The van der Waals surface area contributed by atoms with Gasteiger partial charge in [0.15, 0.2) is 0 Å². The summed E-state index contributed by atoms with van der Waals surface area (Å²) in [6, 6.07) is 27.5. The van der Waals surface area contributed by atoms with E-state index in [1.807, 2.05) is 0 Å². The van der Waals surface area contributed by atoms with Crippen LogP contribution in [0.25, 0.3) is 11.1 Å². The number of fused-ring (bicyclic) bond motifs is 3. The topological polar surface area (TPSA) is 18.5 Å². The Bertz CT molecular complexity index is 1370. The standard InChI is InChI=1S/C37H42O2/c1-7-9-19-38-35-17-13-29(23-27(35)5)37(30-14-18-36(28(6)24-30)39-20-10-8-2)33-21-25(3)11-15-31(33)32-16-12-26(4)22-34(32)37/h11-18,21-24H,7-10,19-20H2,1-6H3. The van der Waals surface area contributed by atoms with Crippen LogP contribution in [0.3, 0.4) is 0 Å². The Morgan fingerprint density at radius 2 is 0.974 bits per heavy atom. The first-order chi connectivity index (χ1) is 18.9. The maximum absolute atomic E-state index is 6.18. The zero-order valence-corrected chi connectivity index (χ0v) is 24.5. The summed E-state index contributed by atoms with van der Waals surface area (Å²) < 4.78 is 12.4. The van der Waals surface area contributed by atoms with Crippen molar-refractivity contribution in [1.82, 2.24) is 0 Å². The molecule has 5 rings (SSSR count). The van der Waals surface area contributed by atoms with E-state index < -0.39 is 5.41 Å². The van der Waals surface area contributed by atoms with Crippen molar-refractivity contribution < 1.29 is 9.47 Å². The lowest BCUT2D eigenvalue weighted by atomic mass is 9.67. The average molecular weight is 519 g/mol. The lowest BCUT2D eigenvalue weighted by Gasteiger charge is -2.35. The van der Waals surface area contributed by atoms with Gasteiger partial charge in [-0.1, -0.05) is 98.5 Å². The molecule has 0 unspecified atom stereocenters. The molecule has 202 valence electrons. The second kappa shape index (κ2) is 11.3. The summed E-state index contributed by atoms with van der Waals surface area (Å²) in [6.07, 6.45) is 4.39. The number of ether oxygens (including phenoxy) is 2. The lowest BCUT2D eigenvalue weighted by molar-refractivity contribution is 0.307. The van der Waals surface area contributed by atoms with Gasteiger partial charge < -0.3 is 9.47 Å². The van der Waals surface area contributed by atoms with Gasteiger partial charge in [0.05, 0.1) is 18.6 Å². The Labute approximate surface area is 235 Å². The van der Waals surface area contributed by atoms with Crippen LogP contribution in [0.15, 0.2) is 72.8 Å². The molecule has 4 aromatic carbocycles. The maximum Gasteiger partial charge on any atom is 0.122 e. The van der Waals surface area contributed by atoms with Crippen molar-refractivity contribution in [1.29, 1.82) is 0 Å². The molecule has 0 amide bonds. The zero-order chi connectivity index (χ0) is 27.6. The Kier molecular flexibility index (Phi) is 7.84. The van der Waals surface area contributed by atoms with Gasteiger partial charge >= 0.3 is 0 Å². The van der Waals surface area contributed by atoms with Gasteiger partial charge in [-0.3, -0.25) is 0 Å². The molecule has 0 N–H and O–H groups in total. The Hall–Kier alpha value is -3.52. The number of benzene rings is 4. The molecule has 0 radical (unpaired) electrons. The number of aryl methyl sites for hydroxylation is 4. The third-order valence-corrected chi connectivity index (χ3v) is 8.18. The SMILES string of the molecule is CCCCOc1ccc(C2(c3ccc(OCCCC)c(C)c3)c3cc(C)ccc3-c3ccc(C)cc32)cc1C. The van der Waals surface area contributed by atoms with Crippen LogP contribution in [0.1, 0.15) is 84.0 Å². The minimum Gasteiger partial charge on any atom is -0.493 e. The van der Waals surface area contributed by atoms with Crippen LogP contribution in [0, 0.1) is 27.7 Å². The molecule has 0 saturated carbocycles. The molecule has 1 aliphatic rings. The number of hydrogen-bond acceptors (Lipinski definition) is 2. The molecule has 1 aliphatic carbocycles. The zero-order valence-electron chi connectivity index (χ0n) is 24.5. The number of hydrogen-bond donors (Lipinski definition) is 0. The second-order valence-corrected chi connectivity index (χ2v) is 11.2. The number of unbranched alkanes of at least 4 members (excludes halogenated alkanes) is 2. The van der Waals surface area contributed by atoms with Gasteiger partial charge in [0.2, 0.25) is 0 Å². The van der Waals surface area contributed by atoms with Crippen molar-refractivity contribution in [2.45, 2.75) is 72.6 Å². The van der Waals surface area contributed by atoms with Gasteiger partial charge in [-0.25, -0.2) is 0 Å². The Morgan fingerprint density at radius 1 is 0.538 bits per heavy atom. The highest BCUT2D eigenvalue weighted by Crippen LogP contribution is 2.57. The lowest BCUT2D eigenvalue weighted by Crippen LogP contribution is -2.29. The Balaban J connectivity index is 1.76. The molecule has 0 bridgehead atoms. The summed E-state index contributed by atoms with van der Waals surface area (Å²) in [5.41, 5.74) is 12.4. The summed E-state index contributed by atoms with van der Waals surface area (Å²) in [4.78, 5) is 0. The monoisotopic (exact) mass is 518 g/mol. The quantitative estimate of drug-likeness (QED) is 0.171. The average Bonchev–Trinajstić information content (AvgIpc) is 3.20. The summed E-state index contributed by atoms with van der Waals surface area (Å²) in [6.45, 7) is 14.7. The molecule has 39 heavy (non-hydrogen) atoms. The van der Waals surface area contributed by atoms with Crippen molar-refractivity contribution >= 4 is 0 Å². The van der Waals surface area contributed by atoms with Gasteiger partial charge in [-0.2, -0.15) is 0 Å². The Morgan fingerprint density at radius 3 is 1.36 bits per heavy atom. The fourth-order valence-electron chi connectivity index (χ4n) is 6.08. The molecule has 0 saturated heterocycles. The van der Waals surface area contributed by atoms with Crippen molar-refractivity contribution in [3.8, 4) is 22.6 Å². The highest BCUT2D eigenvalue weighted by atomic mass is 16.5. The highest BCUT2D eigenvalue weighted by molar-refractivity contribution is 5.87. The van der Waals surface area contributed by atoms with E-state index in [-0.39, 0.29) is 0 Å². The molecule has 2 heteroatoms. The van der Waals surface area contributed by atoms with Crippen LogP contribution < -0.4 is 9.47 Å². The van der Waals surface area contributed by atoms with Gasteiger partial charge in [0, 0.05) is 0 Å². The van der Waals surface area contributed by atoms with Crippen molar-refractivity contribution in [2.75, 3.05) is 13.2 Å².